The van der Waals surface area contributed by atoms with E-state index < -0.39 is 0 Å². The summed E-state index contributed by atoms with van der Waals surface area (Å²) in [5.41, 5.74) is 6.27. The molecule has 4 rings (SSSR count). The normalized spacial score (nSPS) is 19.8. The van der Waals surface area contributed by atoms with E-state index >= 15 is 0 Å². The maximum absolute atomic E-state index is 2.38. The topological polar surface area (TPSA) is 0 Å². The molecule has 1 aliphatic heterocycles. The molecule has 0 N–H and O–H groups in total. The van der Waals surface area contributed by atoms with Crippen molar-refractivity contribution in [2.75, 3.05) is 4.43 Å². The summed E-state index contributed by atoms with van der Waals surface area (Å²) in [6.07, 6.45) is 2.81. The van der Waals surface area contributed by atoms with Crippen molar-refractivity contribution in [1.29, 1.82) is 0 Å². The van der Waals surface area contributed by atoms with Gasteiger partial charge in [0.1, 0.15) is 0 Å². The first-order valence-electron chi connectivity index (χ1n) is 6.21. The first kappa shape index (κ1) is 10.1. The van der Waals surface area contributed by atoms with Gasteiger partial charge in [0, 0.05) is 0 Å². The summed E-state index contributed by atoms with van der Waals surface area (Å²) in [5.74, 6) is 0. The Morgan fingerprint density at radius 1 is 0.824 bits per heavy atom. The second-order valence-electron chi connectivity index (χ2n) is 4.82. The van der Waals surface area contributed by atoms with Crippen molar-refractivity contribution in [2.45, 2.75) is 16.3 Å². The van der Waals surface area contributed by atoms with Gasteiger partial charge in [-0.25, -0.2) is 0 Å². The Balaban J connectivity index is 2.09. The van der Waals surface area contributed by atoms with Crippen molar-refractivity contribution in [3.05, 3.63) is 59.7 Å². The van der Waals surface area contributed by atoms with Crippen LogP contribution in [0.15, 0.2) is 48.5 Å². The van der Waals surface area contributed by atoms with Crippen molar-refractivity contribution in [1.82, 2.24) is 0 Å². The molecule has 1 heteroatoms. The van der Waals surface area contributed by atoms with Gasteiger partial charge in [0.05, 0.1) is 0 Å². The van der Waals surface area contributed by atoms with E-state index in [1.807, 2.05) is 0 Å². The molecule has 0 radical (unpaired) electrons. The molecule has 2 aromatic rings. The molecule has 2 aliphatic rings. The number of benzene rings is 2. The minimum atomic E-state index is 0.274. The van der Waals surface area contributed by atoms with Gasteiger partial charge < -0.3 is 0 Å². The molecule has 17 heavy (non-hydrogen) atoms. The van der Waals surface area contributed by atoms with E-state index in [2.05, 4.69) is 48.5 Å². The van der Waals surface area contributed by atoms with Crippen LogP contribution < -0.4 is 21.2 Å². The van der Waals surface area contributed by atoms with Gasteiger partial charge in [-0.15, -0.1) is 0 Å². The van der Waals surface area contributed by atoms with Crippen LogP contribution in [-0.4, -0.2) is 4.43 Å². The zero-order valence-corrected chi connectivity index (χ0v) is 11.8. The molecular formula is C16H14I-. The maximum atomic E-state index is 2.38. The SMILES string of the molecule is c1ccc2c(c1)-c1ccccc1C21CCC[I-]1. The van der Waals surface area contributed by atoms with Gasteiger partial charge in [0.25, 0.3) is 0 Å². The van der Waals surface area contributed by atoms with Gasteiger partial charge in [-0.05, 0) is 0 Å². The minimum absolute atomic E-state index is 0.274. The third-order valence-corrected chi connectivity index (χ3v) is 8.28. The van der Waals surface area contributed by atoms with E-state index in [1.54, 1.807) is 11.1 Å². The summed E-state index contributed by atoms with van der Waals surface area (Å²) in [4.78, 5) is 0. The van der Waals surface area contributed by atoms with Crippen LogP contribution in [0.4, 0.5) is 0 Å². The molecule has 1 heterocycles. The summed E-state index contributed by atoms with van der Waals surface area (Å²) in [6.45, 7) is 0. The van der Waals surface area contributed by atoms with E-state index in [4.69, 9.17) is 0 Å². The molecule has 1 aliphatic carbocycles. The molecule has 1 fully saturated rings. The summed E-state index contributed by atoms with van der Waals surface area (Å²) in [7, 11) is 0. The van der Waals surface area contributed by atoms with E-state index in [0.29, 0.717) is 3.42 Å². The average Bonchev–Trinajstić information content (AvgIpc) is 2.98. The predicted molar refractivity (Wildman–Crippen MR) is 66.8 cm³/mol. The summed E-state index contributed by atoms with van der Waals surface area (Å²) in [6, 6.07) is 18.2. The first-order chi connectivity index (χ1) is 8.42. The quantitative estimate of drug-likeness (QED) is 0.494. The number of rotatable bonds is 0. The molecule has 2 aromatic carbocycles. The van der Waals surface area contributed by atoms with Gasteiger partial charge in [0.15, 0.2) is 0 Å². The van der Waals surface area contributed by atoms with Gasteiger partial charge in [-0.2, -0.15) is 0 Å². The number of hydrogen-bond donors (Lipinski definition) is 0. The first-order valence-corrected chi connectivity index (χ1v) is 8.82. The van der Waals surface area contributed by atoms with Gasteiger partial charge >= 0.3 is 113 Å². The van der Waals surface area contributed by atoms with Crippen LogP contribution in [0.25, 0.3) is 11.1 Å². The number of alkyl halides is 2. The third kappa shape index (κ3) is 1.23. The van der Waals surface area contributed by atoms with E-state index in [0.717, 1.165) is 0 Å². The fourth-order valence-corrected chi connectivity index (χ4v) is 7.50. The molecule has 0 amide bonds. The van der Waals surface area contributed by atoms with Crippen LogP contribution in [0.2, 0.25) is 0 Å². The fourth-order valence-electron chi connectivity index (χ4n) is 3.29. The van der Waals surface area contributed by atoms with E-state index in [-0.39, 0.29) is 21.2 Å². The third-order valence-electron chi connectivity index (χ3n) is 3.98. The van der Waals surface area contributed by atoms with Gasteiger partial charge in [0.2, 0.25) is 0 Å². The average molecular weight is 333 g/mol. The zero-order chi connectivity index (χ0) is 11.3. The second-order valence-corrected chi connectivity index (χ2v) is 8.50. The Labute approximate surface area is 112 Å². The van der Waals surface area contributed by atoms with Crippen LogP contribution in [0.1, 0.15) is 24.0 Å². The summed E-state index contributed by atoms with van der Waals surface area (Å²) < 4.78 is 1.95. The Morgan fingerprint density at radius 3 is 1.94 bits per heavy atom. The van der Waals surface area contributed by atoms with Crippen LogP contribution >= 0.6 is 0 Å². The molecule has 0 nitrogen and oxygen atoms in total. The number of hydrogen-bond acceptors (Lipinski definition) is 0. The summed E-state index contributed by atoms with van der Waals surface area (Å²) in [5, 5.41) is 0. The van der Waals surface area contributed by atoms with E-state index in [1.165, 1.54) is 28.4 Å². The van der Waals surface area contributed by atoms with Crippen LogP contribution in [-0.2, 0) is 3.42 Å². The molecule has 1 saturated heterocycles. The number of fused-ring (bicyclic) bond motifs is 5. The Morgan fingerprint density at radius 2 is 1.41 bits per heavy atom. The molecule has 0 aromatic heterocycles. The van der Waals surface area contributed by atoms with Crippen molar-refractivity contribution in [2.24, 2.45) is 0 Å². The van der Waals surface area contributed by atoms with Crippen LogP contribution in [0, 0.1) is 0 Å². The Hall–Kier alpha value is -0.830. The molecule has 0 atom stereocenters. The Kier molecular flexibility index (Phi) is 2.13. The van der Waals surface area contributed by atoms with Crippen LogP contribution in [0.5, 0.6) is 0 Å². The molecule has 0 saturated carbocycles. The molecule has 0 bridgehead atoms. The second kappa shape index (κ2) is 3.58. The van der Waals surface area contributed by atoms with E-state index in [9.17, 15) is 0 Å². The molecule has 0 unspecified atom stereocenters. The molecule has 1 spiro atoms. The van der Waals surface area contributed by atoms with Gasteiger partial charge in [-0.3, -0.25) is 0 Å². The number of halogens is 1. The standard InChI is InChI=1S/C16H14I/c1-3-8-14-12(6-1)13-7-2-4-9-15(13)16(14)10-5-11-17-16/h1-4,6-9H,5,10-11H2/q-1. The summed E-state index contributed by atoms with van der Waals surface area (Å²) >= 11 is 0.274. The van der Waals surface area contributed by atoms with Gasteiger partial charge in [-0.1, -0.05) is 0 Å². The van der Waals surface area contributed by atoms with Crippen molar-refractivity contribution in [3.8, 4) is 11.1 Å². The van der Waals surface area contributed by atoms with Crippen molar-refractivity contribution < 1.29 is 21.2 Å². The van der Waals surface area contributed by atoms with Crippen LogP contribution in [0.3, 0.4) is 0 Å². The fraction of sp³-hybridized carbons (Fsp3) is 0.250. The predicted octanol–water partition coefficient (Wildman–Crippen LogP) is 0.793. The zero-order valence-electron chi connectivity index (χ0n) is 9.62. The van der Waals surface area contributed by atoms with Crippen molar-refractivity contribution >= 4 is 0 Å². The molecule has 86 valence electrons. The molecular weight excluding hydrogens is 319 g/mol. The Bertz CT molecular complexity index is 532. The monoisotopic (exact) mass is 333 g/mol. The van der Waals surface area contributed by atoms with Crippen molar-refractivity contribution in [3.63, 3.8) is 0 Å².